The second-order valence-electron chi connectivity index (χ2n) is 3.07. The molecule has 8 heteroatoms. The highest BCUT2D eigenvalue weighted by Crippen LogP contribution is 2.22. The van der Waals surface area contributed by atoms with Crippen LogP contribution in [0.4, 0.5) is 5.69 Å². The van der Waals surface area contributed by atoms with Gasteiger partial charge in [-0.1, -0.05) is 6.07 Å². The van der Waals surface area contributed by atoms with Crippen LogP contribution in [0.3, 0.4) is 0 Å². The molecule has 5 N–H and O–H groups in total. The minimum Gasteiger partial charge on any atom is -0.478 e. The molecular weight excluding hydrogens is 349 g/mol. The van der Waals surface area contributed by atoms with Crippen molar-refractivity contribution < 1.29 is 9.90 Å². The molecule has 0 radical (unpaired) electrons. The third-order valence-electron chi connectivity index (χ3n) is 1.88. The fourth-order valence-electron chi connectivity index (χ4n) is 1.05. The molecule has 7 nitrogen and oxygen atoms in total. The van der Waals surface area contributed by atoms with Crippen LogP contribution < -0.4 is 11.2 Å². The number of nitrogens with one attached hydrogen (secondary N) is 2. The highest BCUT2D eigenvalue weighted by atomic mass is 127. The molecule has 0 aromatic heterocycles. The molecule has 0 aliphatic rings. The number of carboxylic acids is 1. The van der Waals surface area contributed by atoms with Gasteiger partial charge in [0.15, 0.2) is 5.84 Å². The van der Waals surface area contributed by atoms with Gasteiger partial charge < -0.3 is 10.8 Å². The number of hydrogen-bond acceptors (Lipinski definition) is 5. The van der Waals surface area contributed by atoms with E-state index >= 15 is 0 Å². The lowest BCUT2D eigenvalue weighted by Gasteiger charge is -2.06. The van der Waals surface area contributed by atoms with Crippen molar-refractivity contribution in [3.05, 3.63) is 27.3 Å². The second kappa shape index (κ2) is 5.97. The Hall–Kier alpha value is -2.15. The Morgan fingerprint density at radius 1 is 1.61 bits per heavy atom. The van der Waals surface area contributed by atoms with Gasteiger partial charge in [0.2, 0.25) is 5.71 Å². The standard InChI is InChI=1S/C10H8IN5O2/c11-8-5(10(17)18)2-1-3-6(8)15-16-7(4-12)9(13)14/h1-3,15H,(H3,13,14)(H,17,18)/b16-7+. The van der Waals surface area contributed by atoms with Crippen LogP contribution in [0, 0.1) is 20.3 Å². The molecule has 0 atom stereocenters. The van der Waals surface area contributed by atoms with Crippen molar-refractivity contribution in [2.24, 2.45) is 10.8 Å². The highest BCUT2D eigenvalue weighted by molar-refractivity contribution is 14.1. The molecular formula is C10H8IN5O2. The van der Waals surface area contributed by atoms with Crippen LogP contribution in [0.5, 0.6) is 0 Å². The lowest BCUT2D eigenvalue weighted by atomic mass is 10.2. The Balaban J connectivity index is 3.07. The molecule has 0 fully saturated rings. The second-order valence-corrected chi connectivity index (χ2v) is 4.15. The third kappa shape index (κ3) is 3.17. The summed E-state index contributed by atoms with van der Waals surface area (Å²) in [5, 5.41) is 28.3. The number of nitriles is 1. The summed E-state index contributed by atoms with van der Waals surface area (Å²) in [5.74, 6) is -1.52. The maximum atomic E-state index is 10.9. The minimum absolute atomic E-state index is 0.122. The van der Waals surface area contributed by atoms with Crippen LogP contribution in [0.25, 0.3) is 0 Å². The summed E-state index contributed by atoms with van der Waals surface area (Å²) in [7, 11) is 0. The van der Waals surface area contributed by atoms with Crippen molar-refractivity contribution in [1.29, 1.82) is 10.7 Å². The van der Waals surface area contributed by atoms with Crippen molar-refractivity contribution in [3.63, 3.8) is 0 Å². The quantitative estimate of drug-likeness (QED) is 0.278. The zero-order valence-corrected chi connectivity index (χ0v) is 11.1. The van der Waals surface area contributed by atoms with E-state index < -0.39 is 11.8 Å². The summed E-state index contributed by atoms with van der Waals surface area (Å²) in [6, 6.07) is 6.25. The first kappa shape index (κ1) is 13.9. The number of amidine groups is 1. The third-order valence-corrected chi connectivity index (χ3v) is 3.04. The van der Waals surface area contributed by atoms with Gasteiger partial charge in [0.1, 0.15) is 6.07 Å². The van der Waals surface area contributed by atoms with Gasteiger partial charge in [0.25, 0.3) is 0 Å². The molecule has 1 aromatic rings. The summed E-state index contributed by atoms with van der Waals surface area (Å²) in [5.41, 5.74) is 7.91. The van der Waals surface area contributed by atoms with Crippen LogP contribution in [0.15, 0.2) is 23.3 Å². The molecule has 0 unspecified atom stereocenters. The SMILES string of the molecule is N#C/C(=N\Nc1cccc(C(=O)O)c1I)C(=N)N. The van der Waals surface area contributed by atoms with E-state index in [2.05, 4.69) is 10.5 Å². The van der Waals surface area contributed by atoms with Gasteiger partial charge in [0.05, 0.1) is 14.8 Å². The van der Waals surface area contributed by atoms with Gasteiger partial charge in [-0.15, -0.1) is 0 Å². The summed E-state index contributed by atoms with van der Waals surface area (Å²) in [6.45, 7) is 0. The first-order chi connectivity index (χ1) is 8.47. The maximum Gasteiger partial charge on any atom is 0.336 e. The number of halogens is 1. The number of carboxylic acid groups (broad SMARTS) is 1. The van der Waals surface area contributed by atoms with Gasteiger partial charge in [-0.05, 0) is 34.7 Å². The molecule has 0 bridgehead atoms. The maximum absolute atomic E-state index is 10.9. The largest absolute Gasteiger partial charge is 0.478 e. The van der Waals surface area contributed by atoms with E-state index in [1.165, 1.54) is 6.07 Å². The van der Waals surface area contributed by atoms with Crippen molar-refractivity contribution in [3.8, 4) is 6.07 Å². The minimum atomic E-state index is -1.06. The van der Waals surface area contributed by atoms with Crippen LogP contribution in [-0.2, 0) is 0 Å². The van der Waals surface area contributed by atoms with Crippen molar-refractivity contribution >= 4 is 45.8 Å². The number of hydrogen-bond donors (Lipinski definition) is 4. The van der Waals surface area contributed by atoms with E-state index in [4.69, 9.17) is 21.5 Å². The molecule has 1 aromatic carbocycles. The predicted molar refractivity (Wildman–Crippen MR) is 74.7 cm³/mol. The van der Waals surface area contributed by atoms with Gasteiger partial charge in [-0.3, -0.25) is 10.8 Å². The van der Waals surface area contributed by atoms with Gasteiger partial charge in [0, 0.05) is 0 Å². The number of anilines is 1. The number of carbonyl (C=O) groups is 1. The van der Waals surface area contributed by atoms with Gasteiger partial charge in [-0.2, -0.15) is 10.4 Å². The number of hydrazone groups is 1. The van der Waals surface area contributed by atoms with Crippen LogP contribution in [-0.4, -0.2) is 22.6 Å². The molecule has 18 heavy (non-hydrogen) atoms. The molecule has 0 amide bonds. The number of rotatable bonds is 4. The smallest absolute Gasteiger partial charge is 0.336 e. The molecule has 0 saturated heterocycles. The number of nitrogens with two attached hydrogens (primary N) is 1. The highest BCUT2D eigenvalue weighted by Gasteiger charge is 2.11. The number of benzene rings is 1. The predicted octanol–water partition coefficient (Wildman–Crippen LogP) is 1.22. The fraction of sp³-hybridized carbons (Fsp3) is 0. The zero-order chi connectivity index (χ0) is 13.7. The molecule has 0 spiro atoms. The molecule has 0 aliphatic carbocycles. The average molecular weight is 357 g/mol. The van der Waals surface area contributed by atoms with E-state index in [0.717, 1.165) is 0 Å². The molecule has 92 valence electrons. The summed E-state index contributed by atoms with van der Waals surface area (Å²) in [6.07, 6.45) is 0. The van der Waals surface area contributed by atoms with Crippen molar-refractivity contribution in [2.45, 2.75) is 0 Å². The van der Waals surface area contributed by atoms with E-state index in [1.54, 1.807) is 18.2 Å². The molecule has 0 aliphatic heterocycles. The Labute approximate surface area is 116 Å². The van der Waals surface area contributed by atoms with E-state index in [1.807, 2.05) is 22.6 Å². The Morgan fingerprint density at radius 2 is 2.28 bits per heavy atom. The molecule has 1 rings (SSSR count). The van der Waals surface area contributed by atoms with Gasteiger partial charge in [-0.25, -0.2) is 4.79 Å². The number of nitrogens with zero attached hydrogens (tertiary/aromatic N) is 2. The van der Waals surface area contributed by atoms with Crippen LogP contribution in [0.1, 0.15) is 10.4 Å². The van der Waals surface area contributed by atoms with Crippen LogP contribution in [0.2, 0.25) is 0 Å². The van der Waals surface area contributed by atoms with E-state index in [-0.39, 0.29) is 11.3 Å². The fourth-order valence-corrected chi connectivity index (χ4v) is 1.76. The molecule has 0 saturated carbocycles. The summed E-state index contributed by atoms with van der Waals surface area (Å²) in [4.78, 5) is 10.9. The Kier molecular flexibility index (Phi) is 4.61. The summed E-state index contributed by atoms with van der Waals surface area (Å²) < 4.78 is 0.451. The van der Waals surface area contributed by atoms with E-state index in [9.17, 15) is 4.79 Å². The number of aromatic carboxylic acids is 1. The lowest BCUT2D eigenvalue weighted by Crippen LogP contribution is -2.22. The van der Waals surface area contributed by atoms with Crippen molar-refractivity contribution in [1.82, 2.24) is 0 Å². The first-order valence-electron chi connectivity index (χ1n) is 4.57. The topological polar surface area (TPSA) is 135 Å². The summed E-state index contributed by atoms with van der Waals surface area (Å²) >= 11 is 1.85. The van der Waals surface area contributed by atoms with Crippen LogP contribution >= 0.6 is 22.6 Å². The lowest BCUT2D eigenvalue weighted by molar-refractivity contribution is 0.0696. The first-order valence-corrected chi connectivity index (χ1v) is 5.65. The van der Waals surface area contributed by atoms with Gasteiger partial charge >= 0.3 is 5.97 Å². The Bertz CT molecular complexity index is 576. The average Bonchev–Trinajstić information content (AvgIpc) is 2.31. The Morgan fingerprint density at radius 3 is 2.78 bits per heavy atom. The molecule has 0 heterocycles. The zero-order valence-electron chi connectivity index (χ0n) is 8.94. The van der Waals surface area contributed by atoms with Crippen molar-refractivity contribution in [2.75, 3.05) is 5.43 Å². The normalized spacial score (nSPS) is 10.6. The monoisotopic (exact) mass is 357 g/mol. The van der Waals surface area contributed by atoms with E-state index in [0.29, 0.717) is 9.26 Å².